The number of hydrogen-bond donors (Lipinski definition) is 1. The van der Waals surface area contributed by atoms with Crippen molar-refractivity contribution in [3.05, 3.63) is 51.8 Å². The Morgan fingerprint density at radius 3 is 2.82 bits per heavy atom. The van der Waals surface area contributed by atoms with Crippen molar-refractivity contribution in [3.63, 3.8) is 0 Å². The number of nitrogens with zero attached hydrogens (tertiary/aromatic N) is 3. The van der Waals surface area contributed by atoms with Gasteiger partial charge in [0, 0.05) is 48.5 Å². The number of carbonyl (C=O) groups excluding carboxylic acids is 1. The molecule has 1 N–H and O–H groups in total. The first kappa shape index (κ1) is 19.5. The average Bonchev–Trinajstić information content (AvgIpc) is 3.36. The van der Waals surface area contributed by atoms with Gasteiger partial charge in [-0.15, -0.1) is 0 Å². The third kappa shape index (κ3) is 3.96. The zero-order valence-corrected chi connectivity index (χ0v) is 17.3. The minimum atomic E-state index is 0.121. The molecule has 0 spiro atoms. The quantitative estimate of drug-likeness (QED) is 0.801. The van der Waals surface area contributed by atoms with Crippen LogP contribution < -0.4 is 5.32 Å². The van der Waals surface area contributed by atoms with Crippen molar-refractivity contribution in [1.82, 2.24) is 20.0 Å². The monoisotopic (exact) mass is 400 g/mol. The lowest BCUT2D eigenvalue weighted by Crippen LogP contribution is -2.35. The topological polar surface area (TPSA) is 50.2 Å². The first-order valence-electron chi connectivity index (χ1n) is 10.5. The van der Waals surface area contributed by atoms with Gasteiger partial charge in [0.2, 0.25) is 0 Å². The normalized spacial score (nSPS) is 19.1. The molecule has 0 radical (unpaired) electrons. The maximum atomic E-state index is 13.1. The van der Waals surface area contributed by atoms with Gasteiger partial charge in [-0.05, 0) is 50.2 Å². The van der Waals surface area contributed by atoms with Crippen LogP contribution in [-0.2, 0) is 25.9 Å². The molecular formula is C22H29ClN4O. The highest BCUT2D eigenvalue weighted by Crippen LogP contribution is 2.27. The van der Waals surface area contributed by atoms with Crippen molar-refractivity contribution < 1.29 is 4.79 Å². The van der Waals surface area contributed by atoms with Crippen molar-refractivity contribution in [3.8, 4) is 0 Å². The molecule has 2 heterocycles. The SMILES string of the molecule is CCCn1nc(C(=O)N2CCCC2)c2c1CC[C@@H](NCc1ccccc1Cl)C2. The van der Waals surface area contributed by atoms with Crippen LogP contribution in [0.15, 0.2) is 24.3 Å². The van der Waals surface area contributed by atoms with Crippen LogP contribution in [0.3, 0.4) is 0 Å². The van der Waals surface area contributed by atoms with Crippen molar-refractivity contribution in [2.45, 2.75) is 64.6 Å². The first-order chi connectivity index (χ1) is 13.7. The largest absolute Gasteiger partial charge is 0.337 e. The van der Waals surface area contributed by atoms with Gasteiger partial charge in [-0.3, -0.25) is 9.48 Å². The Labute approximate surface area is 172 Å². The fourth-order valence-electron chi connectivity index (χ4n) is 4.40. The Balaban J connectivity index is 1.52. The maximum Gasteiger partial charge on any atom is 0.274 e. The molecule has 5 nitrogen and oxygen atoms in total. The van der Waals surface area contributed by atoms with E-state index >= 15 is 0 Å². The lowest BCUT2D eigenvalue weighted by atomic mass is 9.91. The zero-order chi connectivity index (χ0) is 19.5. The van der Waals surface area contributed by atoms with Crippen LogP contribution in [0.4, 0.5) is 0 Å². The number of aromatic nitrogens is 2. The second kappa shape index (κ2) is 8.66. The Morgan fingerprint density at radius 1 is 1.29 bits per heavy atom. The molecule has 6 heteroatoms. The molecule has 1 amide bonds. The predicted molar refractivity (Wildman–Crippen MR) is 112 cm³/mol. The molecule has 150 valence electrons. The van der Waals surface area contributed by atoms with E-state index in [0.717, 1.165) is 80.9 Å². The van der Waals surface area contributed by atoms with E-state index in [1.54, 1.807) is 0 Å². The number of nitrogens with one attached hydrogen (secondary N) is 1. The Morgan fingerprint density at radius 2 is 2.07 bits per heavy atom. The van der Waals surface area contributed by atoms with E-state index in [4.69, 9.17) is 16.7 Å². The summed E-state index contributed by atoms with van der Waals surface area (Å²) in [5, 5.41) is 9.22. The highest BCUT2D eigenvalue weighted by atomic mass is 35.5. The highest BCUT2D eigenvalue weighted by Gasteiger charge is 2.31. The molecule has 4 rings (SSSR count). The van der Waals surface area contributed by atoms with Crippen LogP contribution in [0.25, 0.3) is 0 Å². The number of amides is 1. The van der Waals surface area contributed by atoms with E-state index in [9.17, 15) is 4.79 Å². The van der Waals surface area contributed by atoms with Gasteiger partial charge in [-0.25, -0.2) is 0 Å². The Kier molecular flexibility index (Phi) is 6.02. The molecule has 1 aliphatic carbocycles. The van der Waals surface area contributed by atoms with Gasteiger partial charge in [-0.2, -0.15) is 5.10 Å². The van der Waals surface area contributed by atoms with E-state index in [0.29, 0.717) is 11.7 Å². The molecule has 1 aromatic carbocycles. The summed E-state index contributed by atoms with van der Waals surface area (Å²) in [4.78, 5) is 15.1. The van der Waals surface area contributed by atoms with Crippen LogP contribution in [0, 0.1) is 0 Å². The number of likely N-dealkylation sites (tertiary alicyclic amines) is 1. The van der Waals surface area contributed by atoms with Gasteiger partial charge in [0.15, 0.2) is 5.69 Å². The van der Waals surface area contributed by atoms with E-state index in [2.05, 4.69) is 23.0 Å². The van der Waals surface area contributed by atoms with Crippen LogP contribution in [0.5, 0.6) is 0 Å². The van der Waals surface area contributed by atoms with Gasteiger partial charge in [0.25, 0.3) is 5.91 Å². The summed E-state index contributed by atoms with van der Waals surface area (Å²) in [5.41, 5.74) is 4.23. The molecule has 2 aliphatic rings. The lowest BCUT2D eigenvalue weighted by molar-refractivity contribution is 0.0784. The van der Waals surface area contributed by atoms with Crippen LogP contribution in [0.2, 0.25) is 5.02 Å². The number of aryl methyl sites for hydroxylation is 1. The van der Waals surface area contributed by atoms with Crippen LogP contribution in [-0.4, -0.2) is 39.7 Å². The van der Waals surface area contributed by atoms with Gasteiger partial charge in [0.1, 0.15) is 0 Å². The lowest BCUT2D eigenvalue weighted by Gasteiger charge is -2.25. The maximum absolute atomic E-state index is 13.1. The average molecular weight is 401 g/mol. The second-order valence-electron chi connectivity index (χ2n) is 7.91. The molecule has 0 unspecified atom stereocenters. The molecule has 1 aromatic heterocycles. The van der Waals surface area contributed by atoms with Crippen molar-refractivity contribution in [1.29, 1.82) is 0 Å². The van der Waals surface area contributed by atoms with Crippen molar-refractivity contribution >= 4 is 17.5 Å². The summed E-state index contributed by atoms with van der Waals surface area (Å²) in [6, 6.07) is 8.30. The van der Waals surface area contributed by atoms with Gasteiger partial charge in [0.05, 0.1) is 0 Å². The Bertz CT molecular complexity index is 841. The molecule has 2 aromatic rings. The molecule has 1 aliphatic heterocycles. The second-order valence-corrected chi connectivity index (χ2v) is 8.32. The number of fused-ring (bicyclic) bond motifs is 1. The zero-order valence-electron chi connectivity index (χ0n) is 16.6. The molecular weight excluding hydrogens is 372 g/mol. The fourth-order valence-corrected chi connectivity index (χ4v) is 4.60. The van der Waals surface area contributed by atoms with Gasteiger partial charge in [-0.1, -0.05) is 36.7 Å². The highest BCUT2D eigenvalue weighted by molar-refractivity contribution is 6.31. The summed E-state index contributed by atoms with van der Waals surface area (Å²) in [5.74, 6) is 0.121. The number of carbonyl (C=O) groups is 1. The summed E-state index contributed by atoms with van der Waals surface area (Å²) in [7, 11) is 0. The number of rotatable bonds is 6. The molecule has 0 bridgehead atoms. The van der Waals surface area contributed by atoms with E-state index in [-0.39, 0.29) is 5.91 Å². The first-order valence-corrected chi connectivity index (χ1v) is 10.9. The number of hydrogen-bond acceptors (Lipinski definition) is 3. The summed E-state index contributed by atoms with van der Waals surface area (Å²) >= 11 is 6.30. The third-order valence-electron chi connectivity index (χ3n) is 5.92. The third-order valence-corrected chi connectivity index (χ3v) is 6.29. The Hall–Kier alpha value is -1.85. The predicted octanol–water partition coefficient (Wildman–Crippen LogP) is 3.83. The van der Waals surface area contributed by atoms with E-state index < -0.39 is 0 Å². The van der Waals surface area contributed by atoms with Gasteiger partial charge >= 0.3 is 0 Å². The minimum Gasteiger partial charge on any atom is -0.337 e. The number of halogens is 1. The number of benzene rings is 1. The molecule has 0 saturated carbocycles. The standard InChI is InChI=1S/C22H29ClN4O/c1-2-11-27-20-10-9-17(24-15-16-7-3-4-8-19(16)23)14-18(20)21(25-27)22(28)26-12-5-6-13-26/h3-4,7-8,17,24H,2,5-6,9-15H2,1H3/t17-/m1/s1. The molecule has 1 saturated heterocycles. The smallest absolute Gasteiger partial charge is 0.274 e. The van der Waals surface area contributed by atoms with E-state index in [1.807, 2.05) is 23.1 Å². The molecule has 1 fully saturated rings. The molecule has 28 heavy (non-hydrogen) atoms. The fraction of sp³-hybridized carbons (Fsp3) is 0.545. The van der Waals surface area contributed by atoms with Gasteiger partial charge < -0.3 is 10.2 Å². The van der Waals surface area contributed by atoms with Crippen LogP contribution >= 0.6 is 11.6 Å². The summed E-state index contributed by atoms with van der Waals surface area (Å²) < 4.78 is 2.09. The summed E-state index contributed by atoms with van der Waals surface area (Å²) in [6.45, 7) is 5.52. The van der Waals surface area contributed by atoms with Crippen molar-refractivity contribution in [2.24, 2.45) is 0 Å². The summed E-state index contributed by atoms with van der Waals surface area (Å²) in [6.07, 6.45) is 6.12. The van der Waals surface area contributed by atoms with E-state index in [1.165, 1.54) is 5.69 Å². The molecule has 1 atom stereocenters. The van der Waals surface area contributed by atoms with Crippen molar-refractivity contribution in [2.75, 3.05) is 13.1 Å². The van der Waals surface area contributed by atoms with Crippen LogP contribution in [0.1, 0.15) is 59.9 Å². The minimum absolute atomic E-state index is 0.121.